The Kier molecular flexibility index (Phi) is 11.3. The third-order valence-electron chi connectivity index (χ3n) is 3.83. The summed E-state index contributed by atoms with van der Waals surface area (Å²) in [6.07, 6.45) is -4.23. The number of carboxylic acids is 3. The van der Waals surface area contributed by atoms with Crippen LogP contribution in [0.25, 0.3) is 0 Å². The molecule has 5 atom stereocenters. The molecule has 0 aliphatic carbocycles. The topological polar surface area (TPSA) is 289 Å². The lowest BCUT2D eigenvalue weighted by Gasteiger charge is -2.25. The van der Waals surface area contributed by atoms with E-state index in [4.69, 9.17) is 26.8 Å². The fourth-order valence-corrected chi connectivity index (χ4v) is 2.27. The second-order valence-electron chi connectivity index (χ2n) is 6.66. The van der Waals surface area contributed by atoms with Crippen molar-refractivity contribution in [3.8, 4) is 0 Å². The normalized spacial score (nSPS) is 15.2. The Morgan fingerprint density at radius 1 is 0.750 bits per heavy atom. The van der Waals surface area contributed by atoms with Crippen LogP contribution in [0.15, 0.2) is 0 Å². The zero-order chi connectivity index (χ0) is 25.2. The number of hydrogen-bond acceptors (Lipinski definition) is 9. The summed E-state index contributed by atoms with van der Waals surface area (Å²) >= 11 is 0. The van der Waals surface area contributed by atoms with Gasteiger partial charge >= 0.3 is 17.9 Å². The van der Waals surface area contributed by atoms with Crippen LogP contribution in [0.5, 0.6) is 0 Å². The van der Waals surface area contributed by atoms with Crippen molar-refractivity contribution < 1.29 is 54.0 Å². The highest BCUT2D eigenvalue weighted by atomic mass is 16.4. The van der Waals surface area contributed by atoms with Crippen molar-refractivity contribution >= 4 is 41.5 Å². The largest absolute Gasteiger partial charge is 0.481 e. The van der Waals surface area contributed by atoms with Crippen molar-refractivity contribution in [2.45, 2.75) is 56.5 Å². The predicted molar refractivity (Wildman–Crippen MR) is 101 cm³/mol. The molecule has 0 heterocycles. The highest BCUT2D eigenvalue weighted by Crippen LogP contribution is 2.02. The lowest BCUT2D eigenvalue weighted by Crippen LogP contribution is -2.60. The van der Waals surface area contributed by atoms with Gasteiger partial charge < -0.3 is 47.8 Å². The molecule has 0 rings (SSSR count). The average Bonchev–Trinajstić information content (AvgIpc) is 2.62. The number of hydrogen-bond donors (Lipinski definition) is 9. The summed E-state index contributed by atoms with van der Waals surface area (Å²) in [4.78, 5) is 80.4. The Balaban J connectivity index is 5.47. The van der Waals surface area contributed by atoms with Gasteiger partial charge in [0.05, 0.1) is 31.4 Å². The minimum Gasteiger partial charge on any atom is -0.481 e. The maximum absolute atomic E-state index is 12.4. The molecule has 0 aromatic carbocycles. The summed E-state index contributed by atoms with van der Waals surface area (Å²) < 4.78 is 0. The molecule has 16 nitrogen and oxygen atoms in total. The Morgan fingerprint density at radius 2 is 1.25 bits per heavy atom. The Hall–Kier alpha value is -3.79. The van der Waals surface area contributed by atoms with E-state index in [9.17, 15) is 38.7 Å². The van der Waals surface area contributed by atoms with Gasteiger partial charge in [-0.3, -0.25) is 28.8 Å². The van der Waals surface area contributed by atoms with E-state index in [0.29, 0.717) is 0 Å². The summed E-state index contributed by atoms with van der Waals surface area (Å²) in [5, 5.41) is 42.2. The van der Waals surface area contributed by atoms with Gasteiger partial charge in [-0.2, -0.15) is 0 Å². The highest BCUT2D eigenvalue weighted by Gasteiger charge is 2.34. The minimum atomic E-state index is -1.82. The average molecular weight is 463 g/mol. The molecule has 180 valence electrons. The van der Waals surface area contributed by atoms with Crippen LogP contribution in [-0.2, 0) is 33.6 Å². The zero-order valence-corrected chi connectivity index (χ0v) is 16.8. The van der Waals surface area contributed by atoms with Gasteiger partial charge in [0.15, 0.2) is 0 Å². The number of rotatable bonds is 14. The summed E-state index contributed by atoms with van der Waals surface area (Å²) in [7, 11) is 0. The summed E-state index contributed by atoms with van der Waals surface area (Å²) in [6.45, 7) is 1.04. The van der Waals surface area contributed by atoms with E-state index in [1.165, 1.54) is 0 Å². The zero-order valence-electron chi connectivity index (χ0n) is 16.8. The smallest absolute Gasteiger partial charge is 0.326 e. The first-order valence-electron chi connectivity index (χ1n) is 8.95. The van der Waals surface area contributed by atoms with Crippen LogP contribution >= 0.6 is 0 Å². The highest BCUT2D eigenvalue weighted by molar-refractivity contribution is 5.96. The predicted octanol–water partition coefficient (Wildman–Crippen LogP) is -4.94. The number of carboxylic acid groups (broad SMARTS) is 3. The molecule has 5 unspecified atom stereocenters. The molecule has 0 radical (unpaired) electrons. The molecule has 4 amide bonds. The third-order valence-corrected chi connectivity index (χ3v) is 3.83. The molecule has 0 aromatic rings. The van der Waals surface area contributed by atoms with Crippen LogP contribution in [0.4, 0.5) is 0 Å². The van der Waals surface area contributed by atoms with Crippen molar-refractivity contribution in [1.82, 2.24) is 16.0 Å². The Morgan fingerprint density at radius 3 is 1.66 bits per heavy atom. The molecule has 0 aromatic heterocycles. The molecule has 0 aliphatic heterocycles. The van der Waals surface area contributed by atoms with Gasteiger partial charge in [-0.15, -0.1) is 0 Å². The van der Waals surface area contributed by atoms with Crippen molar-refractivity contribution in [1.29, 1.82) is 0 Å². The van der Waals surface area contributed by atoms with Gasteiger partial charge in [0.1, 0.15) is 18.1 Å². The first-order chi connectivity index (χ1) is 14.6. The van der Waals surface area contributed by atoms with Crippen molar-refractivity contribution in [3.05, 3.63) is 0 Å². The van der Waals surface area contributed by atoms with Gasteiger partial charge in [0.2, 0.25) is 23.6 Å². The van der Waals surface area contributed by atoms with Gasteiger partial charge in [0, 0.05) is 0 Å². The second-order valence-corrected chi connectivity index (χ2v) is 6.66. The Labute approximate surface area is 180 Å². The van der Waals surface area contributed by atoms with E-state index < -0.39 is 91.1 Å². The standard InChI is InChI=1S/C16H25N5O11/c1-5(22)12(15(30)20-8(16(31)32)3-9(18)23)21-14(29)7(4-11(26)27)19-13(28)6(17)2-10(24)25/h5-8,12,22H,2-4,17H2,1H3,(H2,18,23)(H,19,28)(H,20,30)(H,21,29)(H,24,25)(H,26,27)(H,31,32). The van der Waals surface area contributed by atoms with Crippen molar-refractivity contribution in [2.24, 2.45) is 11.5 Å². The number of carbonyl (C=O) groups excluding carboxylic acids is 4. The molecular formula is C16H25N5O11. The van der Waals surface area contributed by atoms with E-state index in [-0.39, 0.29) is 0 Å². The summed E-state index contributed by atoms with van der Waals surface area (Å²) in [5.74, 6) is -9.35. The number of aliphatic hydroxyl groups excluding tert-OH is 1. The molecule has 0 bridgehead atoms. The second kappa shape index (κ2) is 12.8. The van der Waals surface area contributed by atoms with Crippen LogP contribution in [0.3, 0.4) is 0 Å². The fourth-order valence-electron chi connectivity index (χ4n) is 2.27. The number of aliphatic carboxylic acids is 3. The third kappa shape index (κ3) is 10.3. The molecule has 0 saturated heterocycles. The number of nitrogens with two attached hydrogens (primary N) is 2. The number of nitrogens with one attached hydrogen (secondary N) is 3. The van der Waals surface area contributed by atoms with Gasteiger partial charge in [0.25, 0.3) is 0 Å². The van der Waals surface area contributed by atoms with Gasteiger partial charge in [-0.25, -0.2) is 4.79 Å². The molecule has 0 saturated carbocycles. The number of aliphatic hydroxyl groups is 1. The SMILES string of the molecule is CC(O)C(NC(=O)C(CC(=O)O)NC(=O)C(N)CC(=O)O)C(=O)NC(CC(N)=O)C(=O)O. The van der Waals surface area contributed by atoms with Crippen molar-refractivity contribution in [3.63, 3.8) is 0 Å². The Bertz CT molecular complexity index is 769. The van der Waals surface area contributed by atoms with Crippen molar-refractivity contribution in [2.75, 3.05) is 0 Å². The lowest BCUT2D eigenvalue weighted by atomic mass is 10.1. The molecular weight excluding hydrogens is 438 g/mol. The minimum absolute atomic E-state index is 0.791. The van der Waals surface area contributed by atoms with Gasteiger partial charge in [-0.05, 0) is 6.92 Å². The first kappa shape index (κ1) is 28.2. The van der Waals surface area contributed by atoms with E-state index in [1.54, 1.807) is 0 Å². The number of primary amides is 1. The van der Waals surface area contributed by atoms with Crippen LogP contribution in [0.1, 0.15) is 26.2 Å². The van der Waals surface area contributed by atoms with Crippen LogP contribution in [0.2, 0.25) is 0 Å². The van der Waals surface area contributed by atoms with E-state index in [1.807, 2.05) is 16.0 Å². The first-order valence-corrected chi connectivity index (χ1v) is 8.95. The molecule has 16 heteroatoms. The summed E-state index contributed by atoms with van der Waals surface area (Å²) in [5.41, 5.74) is 10.2. The molecule has 11 N–H and O–H groups in total. The quantitative estimate of drug-likeness (QED) is 0.117. The monoisotopic (exact) mass is 463 g/mol. The number of carbonyl (C=O) groups is 7. The van der Waals surface area contributed by atoms with E-state index >= 15 is 0 Å². The maximum Gasteiger partial charge on any atom is 0.326 e. The molecule has 32 heavy (non-hydrogen) atoms. The molecule has 0 fully saturated rings. The molecule has 0 spiro atoms. The van der Waals surface area contributed by atoms with Crippen LogP contribution in [-0.4, -0.2) is 92.2 Å². The van der Waals surface area contributed by atoms with Crippen LogP contribution < -0.4 is 27.4 Å². The summed E-state index contributed by atoms with van der Waals surface area (Å²) in [6, 6.07) is -7.04. The lowest BCUT2D eigenvalue weighted by molar-refractivity contribution is -0.145. The molecule has 0 aliphatic rings. The van der Waals surface area contributed by atoms with E-state index in [2.05, 4.69) is 0 Å². The fraction of sp³-hybridized carbons (Fsp3) is 0.562. The van der Waals surface area contributed by atoms with Crippen LogP contribution in [0, 0.1) is 0 Å². The maximum atomic E-state index is 12.4. The van der Waals surface area contributed by atoms with Gasteiger partial charge in [-0.1, -0.05) is 0 Å². The number of amides is 4. The van der Waals surface area contributed by atoms with E-state index in [0.717, 1.165) is 6.92 Å².